The second-order valence-corrected chi connectivity index (χ2v) is 10.0. The first kappa shape index (κ1) is 23.0. The van der Waals surface area contributed by atoms with Crippen molar-refractivity contribution < 1.29 is 4.79 Å². The molecule has 1 aromatic carbocycles. The van der Waals surface area contributed by atoms with Crippen LogP contribution in [0.5, 0.6) is 0 Å². The number of hydrogen-bond donors (Lipinski definition) is 0. The molecular weight excluding hydrogens is 483 g/mol. The van der Waals surface area contributed by atoms with Crippen LogP contribution in [0.4, 0.5) is 5.13 Å². The lowest BCUT2D eigenvalue weighted by molar-refractivity contribution is 0.0987. The maximum Gasteiger partial charge on any atom is 0.262 e. The first-order valence-electron chi connectivity index (χ1n) is 9.02. The Bertz CT molecular complexity index is 1170. The molecule has 4 rings (SSSR count). The number of benzene rings is 1. The Morgan fingerprint density at radius 3 is 2.67 bits per heavy atom. The van der Waals surface area contributed by atoms with E-state index in [9.17, 15) is 4.79 Å². The molecule has 0 radical (unpaired) electrons. The molecule has 1 amide bonds. The number of thiazole rings is 1. The number of halogens is 3. The lowest BCUT2D eigenvalue weighted by atomic mass is 10.1. The minimum Gasteiger partial charge on any atom is -0.337 e. The molecule has 0 spiro atoms. The molecule has 0 saturated carbocycles. The van der Waals surface area contributed by atoms with Gasteiger partial charge in [0.05, 0.1) is 26.4 Å². The van der Waals surface area contributed by atoms with Gasteiger partial charge in [0.1, 0.15) is 4.34 Å². The summed E-state index contributed by atoms with van der Waals surface area (Å²) in [6.45, 7) is 5.38. The van der Waals surface area contributed by atoms with Crippen LogP contribution in [0.15, 0.2) is 36.9 Å². The predicted octanol–water partition coefficient (Wildman–Crippen LogP) is 6.64. The SMILES string of the molecule is Cc1cc(C)c2sc(N(CCCn3ccnc3)C(=O)c3cc(Cl)sc3Cl)nc2c1.Cl. The molecule has 0 aliphatic heterocycles. The van der Waals surface area contributed by atoms with Gasteiger partial charge in [-0.05, 0) is 43.5 Å². The highest BCUT2D eigenvalue weighted by atomic mass is 35.5. The molecule has 10 heteroatoms. The van der Waals surface area contributed by atoms with E-state index >= 15 is 0 Å². The maximum atomic E-state index is 13.3. The van der Waals surface area contributed by atoms with E-state index in [1.165, 1.54) is 22.7 Å². The van der Waals surface area contributed by atoms with Gasteiger partial charge >= 0.3 is 0 Å². The predicted molar refractivity (Wildman–Crippen MR) is 129 cm³/mol. The number of carbonyl (C=O) groups excluding carboxylic acids is 1. The molecule has 30 heavy (non-hydrogen) atoms. The Labute approximate surface area is 198 Å². The fourth-order valence-corrected chi connectivity index (χ4v) is 5.71. The van der Waals surface area contributed by atoms with Gasteiger partial charge < -0.3 is 4.57 Å². The number of thiophene rings is 1. The number of nitrogens with zero attached hydrogens (tertiary/aromatic N) is 4. The largest absolute Gasteiger partial charge is 0.337 e. The zero-order chi connectivity index (χ0) is 20.5. The van der Waals surface area contributed by atoms with Crippen molar-refractivity contribution in [2.45, 2.75) is 26.8 Å². The van der Waals surface area contributed by atoms with Crippen LogP contribution in [0.2, 0.25) is 8.67 Å². The van der Waals surface area contributed by atoms with E-state index in [1.54, 1.807) is 23.5 Å². The van der Waals surface area contributed by atoms with E-state index in [0.29, 0.717) is 25.9 Å². The average molecular weight is 502 g/mol. The number of hydrogen-bond acceptors (Lipinski definition) is 5. The van der Waals surface area contributed by atoms with Crippen molar-refractivity contribution >= 4 is 79.5 Å². The third-order valence-electron chi connectivity index (χ3n) is 4.53. The molecule has 4 aromatic rings. The number of aryl methyl sites for hydroxylation is 3. The van der Waals surface area contributed by atoms with Gasteiger partial charge in [0, 0.05) is 25.5 Å². The highest BCUT2D eigenvalue weighted by Crippen LogP contribution is 2.36. The van der Waals surface area contributed by atoms with Gasteiger partial charge in [0.2, 0.25) is 0 Å². The summed E-state index contributed by atoms with van der Waals surface area (Å²) < 4.78 is 3.97. The molecule has 0 aliphatic carbocycles. The summed E-state index contributed by atoms with van der Waals surface area (Å²) >= 11 is 15.1. The Hall–Kier alpha value is -1.64. The Morgan fingerprint density at radius 1 is 1.20 bits per heavy atom. The second-order valence-electron chi connectivity index (χ2n) is 6.78. The van der Waals surface area contributed by atoms with Crippen molar-refractivity contribution in [3.63, 3.8) is 0 Å². The average Bonchev–Trinajstić information content (AvgIpc) is 3.38. The minimum atomic E-state index is -0.183. The van der Waals surface area contributed by atoms with Crippen LogP contribution >= 0.6 is 58.3 Å². The van der Waals surface area contributed by atoms with E-state index in [1.807, 2.05) is 23.8 Å². The molecule has 5 nitrogen and oxygen atoms in total. The van der Waals surface area contributed by atoms with Crippen molar-refractivity contribution in [2.24, 2.45) is 0 Å². The topological polar surface area (TPSA) is 51.0 Å². The molecular formula is C20H19Cl3N4OS2. The van der Waals surface area contributed by atoms with Crippen molar-refractivity contribution in [1.29, 1.82) is 0 Å². The number of imidazole rings is 1. The van der Waals surface area contributed by atoms with Crippen LogP contribution in [-0.4, -0.2) is 27.0 Å². The first-order chi connectivity index (χ1) is 13.9. The van der Waals surface area contributed by atoms with Crippen LogP contribution in [-0.2, 0) is 6.54 Å². The number of fused-ring (bicyclic) bond motifs is 1. The van der Waals surface area contributed by atoms with Gasteiger partial charge in [0.25, 0.3) is 5.91 Å². The van der Waals surface area contributed by atoms with Gasteiger partial charge in [-0.25, -0.2) is 9.97 Å². The summed E-state index contributed by atoms with van der Waals surface area (Å²) in [5.41, 5.74) is 3.63. The number of aromatic nitrogens is 3. The molecule has 0 fully saturated rings. The smallest absolute Gasteiger partial charge is 0.262 e. The van der Waals surface area contributed by atoms with Crippen molar-refractivity contribution in [2.75, 3.05) is 11.4 Å². The van der Waals surface area contributed by atoms with Gasteiger partial charge in [-0.15, -0.1) is 23.7 Å². The van der Waals surface area contributed by atoms with E-state index < -0.39 is 0 Å². The standard InChI is InChI=1S/C20H18Cl2N4OS2.ClH/c1-12-8-13(2)17-15(9-12)24-20(29-17)26(6-3-5-25-7-4-23-11-25)19(27)14-10-16(21)28-18(14)22;/h4,7-11H,3,5-6H2,1-2H3;1H. The molecule has 0 atom stereocenters. The Balaban J connectivity index is 0.00000256. The van der Waals surface area contributed by atoms with E-state index in [4.69, 9.17) is 28.2 Å². The van der Waals surface area contributed by atoms with Crippen LogP contribution in [0.25, 0.3) is 10.2 Å². The summed E-state index contributed by atoms with van der Waals surface area (Å²) in [4.78, 5) is 23.9. The van der Waals surface area contributed by atoms with E-state index in [0.717, 1.165) is 34.3 Å². The molecule has 0 saturated heterocycles. The number of rotatable bonds is 6. The van der Waals surface area contributed by atoms with Crippen LogP contribution in [0.3, 0.4) is 0 Å². The number of anilines is 1. The van der Waals surface area contributed by atoms with Crippen molar-refractivity contribution in [3.8, 4) is 0 Å². The fourth-order valence-electron chi connectivity index (χ4n) is 3.23. The molecule has 158 valence electrons. The summed E-state index contributed by atoms with van der Waals surface area (Å²) in [5.74, 6) is -0.183. The molecule has 0 aliphatic rings. The number of carbonyl (C=O) groups is 1. The van der Waals surface area contributed by atoms with Crippen LogP contribution in [0.1, 0.15) is 27.9 Å². The Kier molecular flexibility index (Phi) is 7.42. The number of amides is 1. The quantitative estimate of drug-likeness (QED) is 0.298. The summed E-state index contributed by atoms with van der Waals surface area (Å²) in [7, 11) is 0. The van der Waals surface area contributed by atoms with Gasteiger partial charge in [0.15, 0.2) is 5.13 Å². The van der Waals surface area contributed by atoms with Gasteiger partial charge in [-0.2, -0.15) is 0 Å². The molecule has 0 bridgehead atoms. The lowest BCUT2D eigenvalue weighted by Gasteiger charge is -2.19. The highest BCUT2D eigenvalue weighted by Gasteiger charge is 2.25. The van der Waals surface area contributed by atoms with Crippen molar-refractivity contribution in [1.82, 2.24) is 14.5 Å². The normalized spacial score (nSPS) is 10.9. The molecule has 0 unspecified atom stereocenters. The third kappa shape index (κ3) is 4.81. The highest BCUT2D eigenvalue weighted by molar-refractivity contribution is 7.22. The fraction of sp³-hybridized carbons (Fsp3) is 0.250. The monoisotopic (exact) mass is 500 g/mol. The molecule has 3 heterocycles. The van der Waals surface area contributed by atoms with Gasteiger partial charge in [-0.3, -0.25) is 9.69 Å². The second kappa shape index (κ2) is 9.66. The zero-order valence-corrected chi connectivity index (χ0v) is 20.2. The van der Waals surface area contributed by atoms with Crippen LogP contribution in [0, 0.1) is 13.8 Å². The van der Waals surface area contributed by atoms with E-state index in [2.05, 4.69) is 18.0 Å². The minimum absolute atomic E-state index is 0. The zero-order valence-electron chi connectivity index (χ0n) is 16.3. The summed E-state index contributed by atoms with van der Waals surface area (Å²) in [5, 5.41) is 0.669. The van der Waals surface area contributed by atoms with Gasteiger partial charge in [-0.1, -0.05) is 40.6 Å². The first-order valence-corrected chi connectivity index (χ1v) is 11.4. The summed E-state index contributed by atoms with van der Waals surface area (Å²) in [6.07, 6.45) is 6.18. The maximum absolute atomic E-state index is 13.3. The van der Waals surface area contributed by atoms with Crippen LogP contribution < -0.4 is 4.90 Å². The lowest BCUT2D eigenvalue weighted by Crippen LogP contribution is -2.32. The third-order valence-corrected chi connectivity index (χ3v) is 7.25. The Morgan fingerprint density at radius 2 is 2.00 bits per heavy atom. The van der Waals surface area contributed by atoms with E-state index in [-0.39, 0.29) is 18.3 Å². The molecule has 0 N–H and O–H groups in total. The van der Waals surface area contributed by atoms with Crippen molar-refractivity contribution in [3.05, 3.63) is 62.3 Å². The molecule has 3 aromatic heterocycles. The summed E-state index contributed by atoms with van der Waals surface area (Å²) in [6, 6.07) is 5.80.